The van der Waals surface area contributed by atoms with Crippen LogP contribution in [0.1, 0.15) is 15.4 Å². The number of fused-ring (bicyclic) bond motifs is 1. The molecule has 2 heterocycles. The summed E-state index contributed by atoms with van der Waals surface area (Å²) in [7, 11) is 0. The maximum atomic E-state index is 12.0. The third-order valence-electron chi connectivity index (χ3n) is 2.65. The van der Waals surface area contributed by atoms with Gasteiger partial charge in [-0.05, 0) is 52.3 Å². The molecule has 0 atom stereocenters. The van der Waals surface area contributed by atoms with E-state index < -0.39 is 0 Å². The van der Waals surface area contributed by atoms with Crippen LogP contribution in [-0.4, -0.2) is 12.1 Å². The summed E-state index contributed by atoms with van der Waals surface area (Å²) < 4.78 is 7.43. The summed E-state index contributed by atoms with van der Waals surface area (Å²) in [5, 5.41) is 4.78. The Morgan fingerprint density at radius 2 is 2.10 bits per heavy atom. The zero-order valence-corrected chi connectivity index (χ0v) is 14.5. The summed E-state index contributed by atoms with van der Waals surface area (Å²) in [6.45, 7) is 0. The highest BCUT2D eigenvalue weighted by Crippen LogP contribution is 2.23. The van der Waals surface area contributed by atoms with Crippen LogP contribution in [0.2, 0.25) is 0 Å². The number of hydrogen-bond acceptors (Lipinski definition) is 4. The van der Waals surface area contributed by atoms with Crippen molar-refractivity contribution in [2.45, 2.75) is 0 Å². The van der Waals surface area contributed by atoms with Gasteiger partial charge >= 0.3 is 5.91 Å². The number of furan rings is 1. The number of thiophene rings is 1. The molecule has 1 aromatic carbocycles. The molecule has 0 unspecified atom stereocenters. The average molecular weight is 428 g/mol. The Morgan fingerprint density at radius 1 is 1.24 bits per heavy atom. The summed E-state index contributed by atoms with van der Waals surface area (Å²) in [6.07, 6.45) is 1.59. The predicted octanol–water partition coefficient (Wildman–Crippen LogP) is 4.78. The van der Waals surface area contributed by atoms with Gasteiger partial charge in [0.2, 0.25) is 0 Å². The summed E-state index contributed by atoms with van der Waals surface area (Å²) in [6, 6.07) is 11.1. The highest BCUT2D eigenvalue weighted by molar-refractivity contribution is 9.11. The number of carbonyl (C=O) groups is 1. The van der Waals surface area contributed by atoms with Crippen molar-refractivity contribution in [3.8, 4) is 0 Å². The number of hydrogen-bond donors (Lipinski definition) is 1. The molecule has 0 saturated heterocycles. The van der Waals surface area contributed by atoms with E-state index in [-0.39, 0.29) is 11.7 Å². The first-order valence-electron chi connectivity index (χ1n) is 5.90. The van der Waals surface area contributed by atoms with E-state index in [4.69, 9.17) is 4.42 Å². The second-order valence-corrected chi connectivity index (χ2v) is 7.54. The number of hydrazone groups is 1. The van der Waals surface area contributed by atoms with E-state index in [0.717, 1.165) is 18.5 Å². The molecule has 1 N–H and O–H groups in total. The molecule has 0 spiro atoms. The predicted molar refractivity (Wildman–Crippen MR) is 91.0 cm³/mol. The number of carbonyl (C=O) groups excluding carboxylic acids is 1. The first kappa shape index (κ1) is 14.5. The molecular weight excluding hydrogens is 420 g/mol. The number of rotatable bonds is 3. The Bertz CT molecular complexity index is 838. The van der Waals surface area contributed by atoms with Crippen molar-refractivity contribution in [1.29, 1.82) is 0 Å². The van der Waals surface area contributed by atoms with Gasteiger partial charge in [0.25, 0.3) is 0 Å². The first-order valence-corrected chi connectivity index (χ1v) is 8.30. The number of nitrogens with one attached hydrogen (secondary N) is 1. The van der Waals surface area contributed by atoms with Crippen LogP contribution in [0.25, 0.3) is 11.0 Å². The zero-order chi connectivity index (χ0) is 14.8. The lowest BCUT2D eigenvalue weighted by molar-refractivity contribution is 0.0929. The maximum Gasteiger partial charge on any atom is 0.307 e. The Hall–Kier alpha value is -1.44. The van der Waals surface area contributed by atoms with Crippen molar-refractivity contribution in [3.63, 3.8) is 0 Å². The van der Waals surface area contributed by atoms with Gasteiger partial charge in [0.15, 0.2) is 5.76 Å². The van der Waals surface area contributed by atoms with Crippen LogP contribution in [0.5, 0.6) is 0 Å². The van der Waals surface area contributed by atoms with Crippen molar-refractivity contribution in [2.24, 2.45) is 5.10 Å². The molecule has 106 valence electrons. The fraction of sp³-hybridized carbons (Fsp3) is 0. The molecule has 0 fully saturated rings. The van der Waals surface area contributed by atoms with Gasteiger partial charge in [-0.2, -0.15) is 5.10 Å². The van der Waals surface area contributed by atoms with E-state index in [1.807, 2.05) is 30.3 Å². The molecule has 2 aromatic heterocycles. The maximum absolute atomic E-state index is 12.0. The largest absolute Gasteiger partial charge is 0.451 e. The van der Waals surface area contributed by atoms with Crippen LogP contribution in [-0.2, 0) is 0 Å². The van der Waals surface area contributed by atoms with Gasteiger partial charge in [-0.25, -0.2) is 5.43 Å². The van der Waals surface area contributed by atoms with Gasteiger partial charge in [-0.15, -0.1) is 11.3 Å². The molecule has 0 saturated carbocycles. The molecule has 0 aliphatic rings. The minimum atomic E-state index is -0.380. The topological polar surface area (TPSA) is 54.6 Å². The molecule has 0 radical (unpaired) electrons. The molecule has 4 nitrogen and oxygen atoms in total. The van der Waals surface area contributed by atoms with Crippen LogP contribution >= 0.6 is 43.2 Å². The van der Waals surface area contributed by atoms with Crippen LogP contribution < -0.4 is 5.43 Å². The Morgan fingerprint density at radius 3 is 2.86 bits per heavy atom. The van der Waals surface area contributed by atoms with E-state index >= 15 is 0 Å². The van der Waals surface area contributed by atoms with Gasteiger partial charge in [0, 0.05) is 14.7 Å². The quantitative estimate of drug-likeness (QED) is 0.482. The molecule has 3 aromatic rings. The van der Waals surface area contributed by atoms with E-state index in [2.05, 4.69) is 42.4 Å². The van der Waals surface area contributed by atoms with E-state index in [0.29, 0.717) is 5.58 Å². The van der Waals surface area contributed by atoms with Gasteiger partial charge in [-0.1, -0.05) is 15.9 Å². The van der Waals surface area contributed by atoms with Crippen LogP contribution in [0.4, 0.5) is 0 Å². The van der Waals surface area contributed by atoms with Crippen molar-refractivity contribution in [1.82, 2.24) is 5.43 Å². The second kappa shape index (κ2) is 6.13. The monoisotopic (exact) mass is 426 g/mol. The molecule has 0 aliphatic heterocycles. The third-order valence-corrected chi connectivity index (χ3v) is 4.71. The van der Waals surface area contributed by atoms with Crippen molar-refractivity contribution in [3.05, 3.63) is 55.3 Å². The second-order valence-electron chi connectivity index (χ2n) is 4.13. The molecule has 21 heavy (non-hydrogen) atoms. The highest BCUT2D eigenvalue weighted by Gasteiger charge is 2.11. The molecule has 0 aliphatic carbocycles. The van der Waals surface area contributed by atoms with Gasteiger partial charge in [-0.3, -0.25) is 4.79 Å². The van der Waals surface area contributed by atoms with Crippen molar-refractivity contribution >= 4 is 66.3 Å². The van der Waals surface area contributed by atoms with Crippen molar-refractivity contribution < 1.29 is 9.21 Å². The normalized spacial score (nSPS) is 11.3. The van der Waals surface area contributed by atoms with Gasteiger partial charge < -0.3 is 4.42 Å². The Kier molecular flexibility index (Phi) is 4.23. The number of halogens is 2. The van der Waals surface area contributed by atoms with Crippen LogP contribution in [0, 0.1) is 0 Å². The highest BCUT2D eigenvalue weighted by atomic mass is 79.9. The van der Waals surface area contributed by atoms with Crippen LogP contribution in [0.15, 0.2) is 54.2 Å². The lowest BCUT2D eigenvalue weighted by Gasteiger charge is -1.93. The fourth-order valence-electron chi connectivity index (χ4n) is 1.73. The standard InChI is InChI=1S/C14H8Br2N2O2S/c15-9-1-3-11-8(5-9)6-12(20-11)14(19)18-17-7-10-2-4-13(16)21-10/h1-7H,(H,18,19)/b17-7+. The van der Waals surface area contributed by atoms with Gasteiger partial charge in [0.1, 0.15) is 5.58 Å². The Balaban J connectivity index is 1.73. The zero-order valence-electron chi connectivity index (χ0n) is 10.5. The SMILES string of the molecule is O=C(N/N=C/c1ccc(Br)s1)c1cc2cc(Br)ccc2o1. The Labute approximate surface area is 141 Å². The molecule has 7 heteroatoms. The number of nitrogens with zero attached hydrogens (tertiary/aromatic N) is 1. The fourth-order valence-corrected chi connectivity index (χ4v) is 3.41. The molecule has 3 rings (SSSR count). The minimum absolute atomic E-state index is 0.229. The van der Waals surface area contributed by atoms with E-state index in [1.165, 1.54) is 11.3 Å². The van der Waals surface area contributed by atoms with Crippen LogP contribution in [0.3, 0.4) is 0 Å². The average Bonchev–Trinajstić information content (AvgIpc) is 3.04. The third kappa shape index (κ3) is 3.42. The molecule has 1 amide bonds. The number of amides is 1. The smallest absolute Gasteiger partial charge is 0.307 e. The van der Waals surface area contributed by atoms with E-state index in [1.54, 1.807) is 12.3 Å². The summed E-state index contributed by atoms with van der Waals surface area (Å²) in [4.78, 5) is 12.9. The first-order chi connectivity index (χ1) is 10.1. The summed E-state index contributed by atoms with van der Waals surface area (Å²) in [5.74, 6) is -0.151. The van der Waals surface area contributed by atoms with E-state index in [9.17, 15) is 4.79 Å². The molecular formula is C14H8Br2N2O2S. The lowest BCUT2D eigenvalue weighted by Crippen LogP contribution is -2.16. The molecule has 0 bridgehead atoms. The minimum Gasteiger partial charge on any atom is -0.451 e. The van der Waals surface area contributed by atoms with Gasteiger partial charge in [0.05, 0.1) is 10.0 Å². The van der Waals surface area contributed by atoms with Crippen molar-refractivity contribution in [2.75, 3.05) is 0 Å². The number of benzene rings is 1. The lowest BCUT2D eigenvalue weighted by atomic mass is 10.2. The summed E-state index contributed by atoms with van der Waals surface area (Å²) >= 11 is 8.27. The summed E-state index contributed by atoms with van der Waals surface area (Å²) in [5.41, 5.74) is 3.11.